The minimum Gasteiger partial charge on any atom is -0.460 e. The highest BCUT2D eigenvalue weighted by Crippen LogP contribution is 2.34. The fourth-order valence-corrected chi connectivity index (χ4v) is 2.03. The van der Waals surface area contributed by atoms with Crippen molar-refractivity contribution in [3.05, 3.63) is 42.2 Å². The fraction of sp³-hybridized carbons (Fsp3) is 0.333. The molecule has 1 fully saturated rings. The van der Waals surface area contributed by atoms with E-state index in [1.807, 2.05) is 0 Å². The Morgan fingerprint density at radius 2 is 1.90 bits per heavy atom. The predicted octanol–water partition coefficient (Wildman–Crippen LogP) is 4.10. The van der Waals surface area contributed by atoms with Crippen molar-refractivity contribution in [1.82, 2.24) is 5.32 Å². The molecule has 3 nitrogen and oxygen atoms in total. The Hall–Kier alpha value is -1.95. The van der Waals surface area contributed by atoms with Gasteiger partial charge in [-0.15, -0.1) is 13.2 Å². The van der Waals surface area contributed by atoms with Gasteiger partial charge in [-0.3, -0.25) is 0 Å². The van der Waals surface area contributed by atoms with Gasteiger partial charge in [0.2, 0.25) is 0 Å². The van der Waals surface area contributed by atoms with Gasteiger partial charge in [-0.25, -0.2) is 0 Å². The molecule has 1 saturated carbocycles. The molecule has 0 atom stereocenters. The molecule has 1 N–H and O–H groups in total. The number of nitrogens with one attached hydrogen (secondary N) is 1. The van der Waals surface area contributed by atoms with Crippen molar-refractivity contribution >= 4 is 0 Å². The van der Waals surface area contributed by atoms with Gasteiger partial charge >= 0.3 is 6.36 Å². The lowest BCUT2D eigenvalue weighted by molar-refractivity contribution is -0.274. The molecule has 3 rings (SSSR count). The van der Waals surface area contributed by atoms with Gasteiger partial charge in [-0.05, 0) is 37.1 Å². The Balaban J connectivity index is 1.79. The maximum atomic E-state index is 12.4. The number of hydrogen-bond donors (Lipinski definition) is 1. The molecule has 0 unspecified atom stereocenters. The van der Waals surface area contributed by atoms with Crippen LogP contribution in [0.2, 0.25) is 0 Å². The molecule has 0 bridgehead atoms. The highest BCUT2D eigenvalue weighted by atomic mass is 19.4. The quantitative estimate of drug-likeness (QED) is 0.902. The number of para-hydroxylation sites is 1. The second-order valence-corrected chi connectivity index (χ2v) is 4.97. The van der Waals surface area contributed by atoms with Gasteiger partial charge in [0.05, 0.1) is 12.1 Å². The monoisotopic (exact) mass is 297 g/mol. The minimum absolute atomic E-state index is 0.263. The number of hydrogen-bond acceptors (Lipinski definition) is 3. The third-order valence-corrected chi connectivity index (χ3v) is 3.18. The number of alkyl halides is 3. The number of ether oxygens (including phenoxy) is 1. The van der Waals surface area contributed by atoms with Gasteiger partial charge in [0.15, 0.2) is 0 Å². The summed E-state index contributed by atoms with van der Waals surface area (Å²) >= 11 is 0. The predicted molar refractivity (Wildman–Crippen MR) is 70.7 cm³/mol. The van der Waals surface area contributed by atoms with E-state index in [-0.39, 0.29) is 11.3 Å². The van der Waals surface area contributed by atoms with Crippen LogP contribution in [0.15, 0.2) is 40.8 Å². The number of rotatable bonds is 5. The minimum atomic E-state index is -4.72. The summed E-state index contributed by atoms with van der Waals surface area (Å²) in [4.78, 5) is 0. The first-order chi connectivity index (χ1) is 10.0. The molecule has 1 aromatic carbocycles. The van der Waals surface area contributed by atoms with Crippen LogP contribution in [0.1, 0.15) is 18.6 Å². The molecule has 1 aromatic heterocycles. The Labute approximate surface area is 119 Å². The van der Waals surface area contributed by atoms with Crippen LogP contribution in [0.4, 0.5) is 13.2 Å². The molecule has 0 aliphatic heterocycles. The smallest absolute Gasteiger partial charge is 0.460 e. The molecular weight excluding hydrogens is 283 g/mol. The van der Waals surface area contributed by atoms with E-state index in [9.17, 15) is 13.2 Å². The van der Waals surface area contributed by atoms with Crippen LogP contribution in [-0.4, -0.2) is 12.4 Å². The molecule has 6 heteroatoms. The van der Waals surface area contributed by atoms with Crippen molar-refractivity contribution in [2.45, 2.75) is 31.8 Å². The second-order valence-electron chi connectivity index (χ2n) is 4.97. The van der Waals surface area contributed by atoms with E-state index in [0.717, 1.165) is 12.8 Å². The first-order valence-electron chi connectivity index (χ1n) is 6.68. The van der Waals surface area contributed by atoms with Crippen molar-refractivity contribution in [3.63, 3.8) is 0 Å². The van der Waals surface area contributed by atoms with E-state index in [2.05, 4.69) is 10.1 Å². The van der Waals surface area contributed by atoms with E-state index in [0.29, 0.717) is 24.1 Å². The molecule has 1 aliphatic carbocycles. The average molecular weight is 297 g/mol. The Morgan fingerprint density at radius 3 is 2.62 bits per heavy atom. The zero-order valence-electron chi connectivity index (χ0n) is 11.1. The maximum Gasteiger partial charge on any atom is 0.573 e. The number of halogens is 3. The van der Waals surface area contributed by atoms with Crippen LogP contribution in [0.3, 0.4) is 0 Å². The van der Waals surface area contributed by atoms with Crippen molar-refractivity contribution in [2.24, 2.45) is 0 Å². The summed E-state index contributed by atoms with van der Waals surface area (Å²) in [6, 6.07) is 9.90. The van der Waals surface area contributed by atoms with E-state index in [4.69, 9.17) is 4.42 Å². The normalized spacial score (nSPS) is 15.2. The Bertz CT molecular complexity index is 617. The summed E-state index contributed by atoms with van der Waals surface area (Å²) < 4.78 is 46.8. The van der Waals surface area contributed by atoms with Crippen LogP contribution in [0.25, 0.3) is 11.3 Å². The highest BCUT2D eigenvalue weighted by molar-refractivity contribution is 5.65. The van der Waals surface area contributed by atoms with Crippen LogP contribution in [0, 0.1) is 0 Å². The maximum absolute atomic E-state index is 12.4. The lowest BCUT2D eigenvalue weighted by Gasteiger charge is -2.11. The molecule has 112 valence electrons. The lowest BCUT2D eigenvalue weighted by atomic mass is 10.1. The molecule has 0 spiro atoms. The molecule has 0 saturated heterocycles. The molecule has 0 amide bonds. The van der Waals surface area contributed by atoms with Crippen molar-refractivity contribution in [1.29, 1.82) is 0 Å². The summed E-state index contributed by atoms with van der Waals surface area (Å²) in [5.74, 6) is 0.794. The third kappa shape index (κ3) is 3.78. The van der Waals surface area contributed by atoms with Gasteiger partial charge in [0, 0.05) is 6.04 Å². The van der Waals surface area contributed by atoms with E-state index < -0.39 is 6.36 Å². The van der Waals surface area contributed by atoms with Crippen molar-refractivity contribution in [3.8, 4) is 17.1 Å². The highest BCUT2D eigenvalue weighted by Gasteiger charge is 2.32. The van der Waals surface area contributed by atoms with Crippen LogP contribution in [-0.2, 0) is 6.54 Å². The number of benzene rings is 1. The summed E-state index contributed by atoms with van der Waals surface area (Å²) in [5, 5.41) is 3.29. The van der Waals surface area contributed by atoms with E-state index >= 15 is 0 Å². The largest absolute Gasteiger partial charge is 0.573 e. The summed E-state index contributed by atoms with van der Waals surface area (Å²) in [6.45, 7) is 0.576. The summed E-state index contributed by atoms with van der Waals surface area (Å²) in [7, 11) is 0. The van der Waals surface area contributed by atoms with Crippen LogP contribution < -0.4 is 10.1 Å². The van der Waals surface area contributed by atoms with Gasteiger partial charge in [0.1, 0.15) is 17.3 Å². The molecule has 1 heterocycles. The van der Waals surface area contributed by atoms with Gasteiger partial charge in [-0.2, -0.15) is 0 Å². The van der Waals surface area contributed by atoms with E-state index in [1.54, 1.807) is 18.2 Å². The van der Waals surface area contributed by atoms with Crippen LogP contribution >= 0.6 is 0 Å². The standard InChI is InChI=1S/C15H14F3NO2/c16-15(17,18)21-14-4-2-1-3-12(14)13-8-7-11(20-13)9-19-10-5-6-10/h1-4,7-8,10,19H,5-6,9H2. The summed E-state index contributed by atoms with van der Waals surface area (Å²) in [5.41, 5.74) is 0.285. The van der Waals surface area contributed by atoms with Crippen molar-refractivity contribution in [2.75, 3.05) is 0 Å². The average Bonchev–Trinajstić information content (AvgIpc) is 3.13. The Morgan fingerprint density at radius 1 is 1.14 bits per heavy atom. The first-order valence-corrected chi connectivity index (χ1v) is 6.68. The second kappa shape index (κ2) is 5.44. The molecule has 0 radical (unpaired) electrons. The molecule has 21 heavy (non-hydrogen) atoms. The summed E-state index contributed by atoms with van der Waals surface area (Å²) in [6.07, 6.45) is -2.40. The lowest BCUT2D eigenvalue weighted by Crippen LogP contribution is -2.17. The fourth-order valence-electron chi connectivity index (χ4n) is 2.03. The zero-order chi connectivity index (χ0) is 14.9. The van der Waals surface area contributed by atoms with Crippen LogP contribution in [0.5, 0.6) is 5.75 Å². The molecular formula is C15H14F3NO2. The molecule has 2 aromatic rings. The topological polar surface area (TPSA) is 34.4 Å². The van der Waals surface area contributed by atoms with Gasteiger partial charge < -0.3 is 14.5 Å². The Kier molecular flexibility index (Phi) is 3.63. The van der Waals surface area contributed by atoms with E-state index in [1.165, 1.54) is 18.2 Å². The van der Waals surface area contributed by atoms with Gasteiger partial charge in [0.25, 0.3) is 0 Å². The molecule has 1 aliphatic rings. The number of furan rings is 1. The van der Waals surface area contributed by atoms with Gasteiger partial charge in [-0.1, -0.05) is 12.1 Å². The first kappa shape index (κ1) is 14.0. The zero-order valence-corrected chi connectivity index (χ0v) is 11.1. The van der Waals surface area contributed by atoms with Crippen molar-refractivity contribution < 1.29 is 22.3 Å². The third-order valence-electron chi connectivity index (χ3n) is 3.18. The SMILES string of the molecule is FC(F)(F)Oc1ccccc1-c1ccc(CNC2CC2)o1.